The van der Waals surface area contributed by atoms with Crippen molar-refractivity contribution in [1.82, 2.24) is 20.4 Å². The number of hydrogen-bond acceptors (Lipinski definition) is 4. The zero-order valence-electron chi connectivity index (χ0n) is 20.0. The first-order valence-corrected chi connectivity index (χ1v) is 12.6. The van der Waals surface area contributed by atoms with E-state index >= 15 is 0 Å². The van der Waals surface area contributed by atoms with Gasteiger partial charge in [-0.15, -0.1) is 0 Å². The molecule has 8 nitrogen and oxygen atoms in total. The molecule has 1 saturated heterocycles. The molecule has 0 aliphatic carbocycles. The van der Waals surface area contributed by atoms with Gasteiger partial charge in [0.15, 0.2) is 0 Å². The summed E-state index contributed by atoms with van der Waals surface area (Å²) in [5, 5.41) is 20.6. The molecule has 1 atom stereocenters. The summed E-state index contributed by atoms with van der Waals surface area (Å²) in [4.78, 5) is 26.5. The summed E-state index contributed by atoms with van der Waals surface area (Å²) in [5.41, 5.74) is 2.57. The zero-order valence-corrected chi connectivity index (χ0v) is 21.6. The number of piperidine rings is 1. The Balaban J connectivity index is 1.56. The molecule has 1 spiro atoms. The van der Waals surface area contributed by atoms with Gasteiger partial charge >= 0.3 is 6.09 Å². The molecule has 3 heterocycles. The van der Waals surface area contributed by atoms with Gasteiger partial charge in [-0.05, 0) is 29.2 Å². The third kappa shape index (κ3) is 4.26. The van der Waals surface area contributed by atoms with E-state index in [4.69, 9.17) is 4.74 Å². The van der Waals surface area contributed by atoms with Crippen LogP contribution in [0.15, 0.2) is 41.0 Å². The Hall–Kier alpha value is -3.07. The number of amides is 2. The second-order valence-corrected chi connectivity index (χ2v) is 11.4. The molecular formula is C26H29BrN4O4. The second kappa shape index (κ2) is 8.55. The number of carboxylic acid groups (broad SMARTS) is 1. The summed E-state index contributed by atoms with van der Waals surface area (Å²) >= 11 is 3.74. The van der Waals surface area contributed by atoms with Crippen molar-refractivity contribution in [2.75, 3.05) is 13.1 Å². The van der Waals surface area contributed by atoms with Crippen LogP contribution in [0, 0.1) is 0 Å². The highest BCUT2D eigenvalue weighted by Gasteiger charge is 2.46. The second-order valence-electron chi connectivity index (χ2n) is 10.5. The SMILES string of the molecule is CC(C)(C)c1c(Br)ccc2c1C(NC(=O)c1cccc3cn[nH]c13)CC1(CCN(C(=O)O)CC1)O2. The van der Waals surface area contributed by atoms with Crippen molar-refractivity contribution in [2.45, 2.75) is 57.1 Å². The average molecular weight is 541 g/mol. The van der Waals surface area contributed by atoms with Gasteiger partial charge in [-0.2, -0.15) is 5.10 Å². The van der Waals surface area contributed by atoms with Crippen LogP contribution >= 0.6 is 15.9 Å². The number of likely N-dealkylation sites (tertiary alicyclic amines) is 1. The monoisotopic (exact) mass is 540 g/mol. The summed E-state index contributed by atoms with van der Waals surface area (Å²) in [5.74, 6) is 0.564. The first kappa shape index (κ1) is 23.7. The van der Waals surface area contributed by atoms with Crippen LogP contribution in [-0.4, -0.2) is 50.9 Å². The molecule has 1 aromatic heterocycles. The molecule has 0 radical (unpaired) electrons. The van der Waals surface area contributed by atoms with Crippen molar-refractivity contribution in [3.05, 3.63) is 57.7 Å². The number of nitrogens with zero attached hydrogens (tertiary/aromatic N) is 2. The number of aromatic amines is 1. The van der Waals surface area contributed by atoms with Crippen molar-refractivity contribution in [3.63, 3.8) is 0 Å². The molecule has 2 aliphatic heterocycles. The van der Waals surface area contributed by atoms with Gasteiger partial charge in [0, 0.05) is 47.8 Å². The van der Waals surface area contributed by atoms with Crippen LogP contribution in [0.5, 0.6) is 5.75 Å². The molecule has 0 saturated carbocycles. The largest absolute Gasteiger partial charge is 0.487 e. The Morgan fingerprint density at radius 3 is 2.66 bits per heavy atom. The van der Waals surface area contributed by atoms with E-state index in [0.29, 0.717) is 43.4 Å². The number of benzene rings is 2. The molecule has 3 N–H and O–H groups in total. The molecular weight excluding hydrogens is 512 g/mol. The number of hydrogen-bond donors (Lipinski definition) is 3. The Bertz CT molecular complexity index is 1300. The lowest BCUT2D eigenvalue weighted by Crippen LogP contribution is -2.53. The van der Waals surface area contributed by atoms with E-state index in [1.54, 1.807) is 12.3 Å². The summed E-state index contributed by atoms with van der Waals surface area (Å²) in [6.07, 6.45) is 2.50. The quantitative estimate of drug-likeness (QED) is 0.404. The molecule has 184 valence electrons. The number of carbonyl (C=O) groups excluding carboxylic acids is 1. The number of ether oxygens (including phenoxy) is 1. The first-order chi connectivity index (χ1) is 16.6. The number of fused-ring (bicyclic) bond motifs is 2. The van der Waals surface area contributed by atoms with E-state index in [-0.39, 0.29) is 17.4 Å². The fourth-order valence-corrected chi connectivity index (χ4v) is 6.39. The minimum Gasteiger partial charge on any atom is -0.487 e. The van der Waals surface area contributed by atoms with Crippen LogP contribution in [0.25, 0.3) is 10.9 Å². The van der Waals surface area contributed by atoms with Crippen LogP contribution in [-0.2, 0) is 5.41 Å². The van der Waals surface area contributed by atoms with Gasteiger partial charge in [0.05, 0.1) is 23.3 Å². The van der Waals surface area contributed by atoms with Crippen LogP contribution < -0.4 is 10.1 Å². The third-order valence-electron chi connectivity index (χ3n) is 7.13. The number of nitrogens with one attached hydrogen (secondary N) is 2. The predicted molar refractivity (Wildman–Crippen MR) is 136 cm³/mol. The van der Waals surface area contributed by atoms with E-state index < -0.39 is 11.7 Å². The smallest absolute Gasteiger partial charge is 0.407 e. The van der Waals surface area contributed by atoms with Gasteiger partial charge in [-0.1, -0.05) is 48.8 Å². The highest BCUT2D eigenvalue weighted by molar-refractivity contribution is 9.10. The van der Waals surface area contributed by atoms with Gasteiger partial charge < -0.3 is 20.1 Å². The predicted octanol–water partition coefficient (Wildman–Crippen LogP) is 5.39. The molecule has 5 rings (SSSR count). The number of para-hydroxylation sites is 1. The van der Waals surface area contributed by atoms with E-state index in [2.05, 4.69) is 52.2 Å². The average Bonchev–Trinajstić information content (AvgIpc) is 3.28. The highest BCUT2D eigenvalue weighted by Crippen LogP contribution is 2.49. The number of H-pyrrole nitrogens is 1. The fraction of sp³-hybridized carbons (Fsp3) is 0.423. The molecule has 3 aromatic rings. The van der Waals surface area contributed by atoms with E-state index in [9.17, 15) is 14.7 Å². The molecule has 1 unspecified atom stereocenters. The minimum absolute atomic E-state index is 0.185. The minimum atomic E-state index is -0.910. The summed E-state index contributed by atoms with van der Waals surface area (Å²) in [6, 6.07) is 9.21. The van der Waals surface area contributed by atoms with Crippen LogP contribution in [0.2, 0.25) is 0 Å². The summed E-state index contributed by atoms with van der Waals surface area (Å²) in [6.45, 7) is 7.25. The van der Waals surface area contributed by atoms with Gasteiger partial charge in [0.1, 0.15) is 11.4 Å². The normalized spacial score (nSPS) is 19.3. The topological polar surface area (TPSA) is 108 Å². The standard InChI is InChI=1S/C26H29BrN4O4/c1-25(2,3)21-17(27)7-8-19-20(21)18(13-26(35-19)9-11-31(12-10-26)24(33)34)29-23(32)16-6-4-5-15-14-28-30-22(15)16/h4-8,14,18H,9-13H2,1-3H3,(H,28,30)(H,29,32)(H,33,34). The maximum atomic E-state index is 13.6. The highest BCUT2D eigenvalue weighted by atomic mass is 79.9. The number of carbonyl (C=O) groups is 2. The zero-order chi connectivity index (χ0) is 25.0. The van der Waals surface area contributed by atoms with Crippen molar-refractivity contribution in [2.24, 2.45) is 0 Å². The van der Waals surface area contributed by atoms with E-state index in [0.717, 1.165) is 26.7 Å². The van der Waals surface area contributed by atoms with Gasteiger partial charge in [0.25, 0.3) is 5.91 Å². The summed E-state index contributed by atoms with van der Waals surface area (Å²) < 4.78 is 7.62. The Morgan fingerprint density at radius 2 is 1.97 bits per heavy atom. The van der Waals surface area contributed by atoms with Crippen molar-refractivity contribution < 1.29 is 19.4 Å². The number of aromatic nitrogens is 2. The maximum Gasteiger partial charge on any atom is 0.407 e. The Labute approximate surface area is 212 Å². The molecule has 0 bridgehead atoms. The van der Waals surface area contributed by atoms with Crippen molar-refractivity contribution >= 4 is 38.8 Å². The summed E-state index contributed by atoms with van der Waals surface area (Å²) in [7, 11) is 0. The molecule has 9 heteroatoms. The lowest BCUT2D eigenvalue weighted by Gasteiger charge is -2.47. The lowest BCUT2D eigenvalue weighted by molar-refractivity contribution is -0.0209. The van der Waals surface area contributed by atoms with Crippen LogP contribution in [0.4, 0.5) is 4.79 Å². The first-order valence-electron chi connectivity index (χ1n) is 11.8. The molecule has 2 aromatic carbocycles. The molecule has 2 amide bonds. The number of rotatable bonds is 2. The van der Waals surface area contributed by atoms with Crippen LogP contribution in [0.3, 0.4) is 0 Å². The number of halogens is 1. The van der Waals surface area contributed by atoms with E-state index in [1.807, 2.05) is 24.3 Å². The molecule has 35 heavy (non-hydrogen) atoms. The fourth-order valence-electron chi connectivity index (χ4n) is 5.45. The van der Waals surface area contributed by atoms with Gasteiger partial charge in [-0.25, -0.2) is 4.79 Å². The molecule has 2 aliphatic rings. The maximum absolute atomic E-state index is 13.6. The Morgan fingerprint density at radius 1 is 1.23 bits per heavy atom. The van der Waals surface area contributed by atoms with Crippen molar-refractivity contribution in [1.29, 1.82) is 0 Å². The van der Waals surface area contributed by atoms with E-state index in [1.165, 1.54) is 4.90 Å². The van der Waals surface area contributed by atoms with Gasteiger partial charge in [0.2, 0.25) is 0 Å². The van der Waals surface area contributed by atoms with Gasteiger partial charge in [-0.3, -0.25) is 9.89 Å². The van der Waals surface area contributed by atoms with Crippen LogP contribution in [0.1, 0.15) is 67.6 Å². The lowest BCUT2D eigenvalue weighted by atomic mass is 9.75. The third-order valence-corrected chi connectivity index (χ3v) is 7.79. The Kier molecular flexibility index (Phi) is 5.78. The van der Waals surface area contributed by atoms with Crippen molar-refractivity contribution in [3.8, 4) is 5.75 Å². The molecule has 1 fully saturated rings.